The van der Waals surface area contributed by atoms with E-state index in [1.54, 1.807) is 0 Å². The summed E-state index contributed by atoms with van der Waals surface area (Å²) in [5.74, 6) is 1.81. The highest BCUT2D eigenvalue weighted by Crippen LogP contribution is 2.08. The van der Waals surface area contributed by atoms with Crippen molar-refractivity contribution in [2.45, 2.75) is 53.1 Å². The minimum Gasteiger partial charge on any atom is -0.468 e. The molecule has 1 rings (SSSR count). The molecule has 1 atom stereocenters. The molecule has 6 nitrogen and oxygen atoms in total. The van der Waals surface area contributed by atoms with Crippen LogP contribution in [0.1, 0.15) is 45.8 Å². The Hall–Kier alpha value is -1.43. The van der Waals surface area contributed by atoms with E-state index in [-0.39, 0.29) is 12.0 Å². The van der Waals surface area contributed by atoms with E-state index < -0.39 is 0 Å². The van der Waals surface area contributed by atoms with Crippen molar-refractivity contribution in [3.8, 4) is 0 Å². The highest BCUT2D eigenvalue weighted by atomic mass is 16.5. The van der Waals surface area contributed by atoms with Crippen molar-refractivity contribution in [1.82, 2.24) is 15.5 Å². The number of esters is 1. The summed E-state index contributed by atoms with van der Waals surface area (Å²) in [6.07, 6.45) is 1.48. The van der Waals surface area contributed by atoms with Crippen LogP contribution in [-0.4, -0.2) is 29.3 Å². The second kappa shape index (κ2) is 7.99. The molecule has 0 aromatic carbocycles. The summed E-state index contributed by atoms with van der Waals surface area (Å²) in [6.45, 7) is 8.71. The summed E-state index contributed by atoms with van der Waals surface area (Å²) < 4.78 is 9.95. The van der Waals surface area contributed by atoms with Gasteiger partial charge in [0.05, 0.1) is 13.7 Å². The molecular weight excluding hydrogens is 258 g/mol. The van der Waals surface area contributed by atoms with Gasteiger partial charge in [0.25, 0.3) is 0 Å². The minimum atomic E-state index is -0.341. The lowest BCUT2D eigenvalue weighted by Crippen LogP contribution is -2.38. The third kappa shape index (κ3) is 5.69. The molecule has 1 aromatic rings. The van der Waals surface area contributed by atoms with Crippen LogP contribution in [0.2, 0.25) is 0 Å². The second-order valence-corrected chi connectivity index (χ2v) is 5.79. The minimum absolute atomic E-state index is 0.260. The van der Waals surface area contributed by atoms with Gasteiger partial charge in [0, 0.05) is 6.42 Å². The van der Waals surface area contributed by atoms with Crippen LogP contribution in [0.4, 0.5) is 0 Å². The molecule has 1 N–H and O–H groups in total. The molecule has 0 aliphatic carbocycles. The third-order valence-electron chi connectivity index (χ3n) is 2.79. The standard InChI is InChI=1S/C14H25N3O3/c1-9(2)6-11(14(18)19-5)15-8-12-16-13(20-17-12)7-10(3)4/h9-11,15H,6-8H2,1-5H3. The van der Waals surface area contributed by atoms with Crippen LogP contribution < -0.4 is 5.32 Å². The Morgan fingerprint density at radius 3 is 2.55 bits per heavy atom. The predicted molar refractivity (Wildman–Crippen MR) is 74.9 cm³/mol. The fraction of sp³-hybridized carbons (Fsp3) is 0.786. The number of nitrogens with zero attached hydrogens (tertiary/aromatic N) is 2. The van der Waals surface area contributed by atoms with Gasteiger partial charge in [-0.3, -0.25) is 10.1 Å². The maximum Gasteiger partial charge on any atom is 0.322 e. The third-order valence-corrected chi connectivity index (χ3v) is 2.79. The van der Waals surface area contributed by atoms with E-state index in [2.05, 4.69) is 43.2 Å². The number of aromatic nitrogens is 2. The van der Waals surface area contributed by atoms with E-state index in [9.17, 15) is 4.79 Å². The first-order valence-corrected chi connectivity index (χ1v) is 7.05. The number of hydrogen-bond acceptors (Lipinski definition) is 6. The van der Waals surface area contributed by atoms with Crippen LogP contribution >= 0.6 is 0 Å². The number of hydrogen-bond donors (Lipinski definition) is 1. The number of carbonyl (C=O) groups is 1. The average molecular weight is 283 g/mol. The van der Waals surface area contributed by atoms with Gasteiger partial charge in [-0.15, -0.1) is 0 Å². The van der Waals surface area contributed by atoms with Gasteiger partial charge in [-0.1, -0.05) is 32.9 Å². The fourth-order valence-corrected chi connectivity index (χ4v) is 1.89. The largest absolute Gasteiger partial charge is 0.468 e. The number of carbonyl (C=O) groups excluding carboxylic acids is 1. The predicted octanol–water partition coefficient (Wildman–Crippen LogP) is 1.95. The zero-order valence-electron chi connectivity index (χ0n) is 13.0. The Labute approximate surface area is 120 Å². The first kappa shape index (κ1) is 16.6. The van der Waals surface area contributed by atoms with E-state index in [4.69, 9.17) is 9.26 Å². The molecule has 1 aromatic heterocycles. The fourth-order valence-electron chi connectivity index (χ4n) is 1.89. The molecule has 0 amide bonds. The lowest BCUT2D eigenvalue weighted by Gasteiger charge is -2.17. The quantitative estimate of drug-likeness (QED) is 0.735. The van der Waals surface area contributed by atoms with Crippen molar-refractivity contribution < 1.29 is 14.1 Å². The molecule has 0 fully saturated rings. The van der Waals surface area contributed by atoms with Gasteiger partial charge in [0.1, 0.15) is 6.04 Å². The summed E-state index contributed by atoms with van der Waals surface area (Å²) in [5, 5.41) is 7.03. The SMILES string of the molecule is COC(=O)C(CC(C)C)NCc1noc(CC(C)C)n1. The van der Waals surface area contributed by atoms with Crippen LogP contribution in [0.25, 0.3) is 0 Å². The van der Waals surface area contributed by atoms with Gasteiger partial charge in [0.2, 0.25) is 5.89 Å². The Bertz CT molecular complexity index is 416. The molecular formula is C14H25N3O3. The first-order chi connectivity index (χ1) is 9.42. The topological polar surface area (TPSA) is 77.2 Å². The molecule has 0 aliphatic rings. The smallest absolute Gasteiger partial charge is 0.322 e. The van der Waals surface area contributed by atoms with E-state index in [1.807, 2.05) is 0 Å². The molecule has 0 aliphatic heterocycles. The summed E-state index contributed by atoms with van der Waals surface area (Å²) in [5.41, 5.74) is 0. The first-order valence-electron chi connectivity index (χ1n) is 7.05. The van der Waals surface area contributed by atoms with E-state index in [1.165, 1.54) is 7.11 Å². The Balaban J connectivity index is 2.53. The lowest BCUT2D eigenvalue weighted by molar-refractivity contribution is -0.143. The van der Waals surface area contributed by atoms with E-state index in [0.717, 1.165) is 6.42 Å². The van der Waals surface area contributed by atoms with Gasteiger partial charge in [-0.2, -0.15) is 4.98 Å². The molecule has 0 saturated carbocycles. The normalized spacial score (nSPS) is 12.9. The maximum atomic E-state index is 11.7. The molecule has 0 saturated heterocycles. The molecule has 0 radical (unpaired) electrons. The van der Waals surface area contributed by atoms with Crippen molar-refractivity contribution in [2.24, 2.45) is 11.8 Å². The second-order valence-electron chi connectivity index (χ2n) is 5.79. The summed E-state index contributed by atoms with van der Waals surface area (Å²) in [7, 11) is 1.40. The maximum absolute atomic E-state index is 11.7. The number of nitrogens with one attached hydrogen (secondary N) is 1. The molecule has 0 bridgehead atoms. The monoisotopic (exact) mass is 283 g/mol. The van der Waals surface area contributed by atoms with Crippen molar-refractivity contribution in [3.63, 3.8) is 0 Å². The van der Waals surface area contributed by atoms with Crippen LogP contribution in [0, 0.1) is 11.8 Å². The average Bonchev–Trinajstić information content (AvgIpc) is 2.79. The summed E-state index contributed by atoms with van der Waals surface area (Å²) in [4.78, 5) is 16.0. The zero-order chi connectivity index (χ0) is 15.1. The van der Waals surface area contributed by atoms with Crippen LogP contribution in [-0.2, 0) is 22.5 Å². The van der Waals surface area contributed by atoms with E-state index >= 15 is 0 Å². The van der Waals surface area contributed by atoms with Crippen molar-refractivity contribution >= 4 is 5.97 Å². The van der Waals surface area contributed by atoms with Gasteiger partial charge >= 0.3 is 5.97 Å². The van der Waals surface area contributed by atoms with Crippen LogP contribution in [0.3, 0.4) is 0 Å². The van der Waals surface area contributed by atoms with Crippen LogP contribution in [0.15, 0.2) is 4.52 Å². The molecule has 1 heterocycles. The number of methoxy groups -OCH3 is 1. The number of ether oxygens (including phenoxy) is 1. The Morgan fingerprint density at radius 2 is 2.00 bits per heavy atom. The summed E-state index contributed by atoms with van der Waals surface area (Å²) in [6, 6.07) is -0.341. The van der Waals surface area contributed by atoms with Gasteiger partial charge in [-0.25, -0.2) is 0 Å². The van der Waals surface area contributed by atoms with Crippen molar-refractivity contribution in [1.29, 1.82) is 0 Å². The highest BCUT2D eigenvalue weighted by molar-refractivity contribution is 5.75. The zero-order valence-corrected chi connectivity index (χ0v) is 13.0. The Kier molecular flexibility index (Phi) is 6.64. The van der Waals surface area contributed by atoms with Gasteiger partial charge < -0.3 is 9.26 Å². The number of rotatable bonds is 8. The van der Waals surface area contributed by atoms with Crippen molar-refractivity contribution in [2.75, 3.05) is 7.11 Å². The molecule has 1 unspecified atom stereocenters. The van der Waals surface area contributed by atoms with Gasteiger partial charge in [0.15, 0.2) is 5.82 Å². The lowest BCUT2D eigenvalue weighted by atomic mass is 10.0. The summed E-state index contributed by atoms with van der Waals surface area (Å²) >= 11 is 0. The Morgan fingerprint density at radius 1 is 1.30 bits per heavy atom. The molecule has 6 heteroatoms. The van der Waals surface area contributed by atoms with Crippen molar-refractivity contribution in [3.05, 3.63) is 11.7 Å². The van der Waals surface area contributed by atoms with Gasteiger partial charge in [-0.05, 0) is 18.3 Å². The van der Waals surface area contributed by atoms with E-state index in [0.29, 0.717) is 36.5 Å². The van der Waals surface area contributed by atoms with Crippen LogP contribution in [0.5, 0.6) is 0 Å². The highest BCUT2D eigenvalue weighted by Gasteiger charge is 2.20. The molecule has 114 valence electrons. The molecule has 20 heavy (non-hydrogen) atoms. The molecule has 0 spiro atoms.